The molecule has 0 aromatic heterocycles. The van der Waals surface area contributed by atoms with Crippen molar-refractivity contribution in [3.8, 4) is 23.0 Å². The van der Waals surface area contributed by atoms with Crippen LogP contribution in [0.25, 0.3) is 0 Å². The third-order valence-corrected chi connectivity index (χ3v) is 14.7. The molecular formula is C44H60O5Si2. The average molecular weight is 725 g/mol. The molecule has 274 valence electrons. The molecule has 4 aromatic carbocycles. The van der Waals surface area contributed by atoms with E-state index in [-0.39, 0.29) is 21.7 Å². The van der Waals surface area contributed by atoms with Gasteiger partial charge in [0.1, 0.15) is 23.0 Å². The fraction of sp³-hybridized carbons (Fsp3) is 0.455. The number of ether oxygens (including phenoxy) is 4. The number of hydrogen-bond acceptors (Lipinski definition) is 5. The van der Waals surface area contributed by atoms with Crippen molar-refractivity contribution in [3.63, 3.8) is 0 Å². The van der Waals surface area contributed by atoms with E-state index in [1.807, 2.05) is 0 Å². The zero-order chi connectivity index (χ0) is 38.1. The Balaban J connectivity index is 2.20. The molecule has 0 atom stereocenters. The molecule has 0 amide bonds. The normalized spacial score (nSPS) is 12.7. The van der Waals surface area contributed by atoms with Crippen LogP contribution in [0.1, 0.15) is 105 Å². The highest BCUT2D eigenvalue weighted by molar-refractivity contribution is 6.92. The van der Waals surface area contributed by atoms with Crippen LogP contribution in [0.5, 0.6) is 23.0 Å². The first kappa shape index (κ1) is 40.2. The number of rotatable bonds is 10. The summed E-state index contributed by atoms with van der Waals surface area (Å²) in [6, 6.07) is 26.2. The molecule has 0 heterocycles. The van der Waals surface area contributed by atoms with Gasteiger partial charge in [0.25, 0.3) is 18.1 Å². The van der Waals surface area contributed by atoms with Gasteiger partial charge in [0.15, 0.2) is 0 Å². The smallest absolute Gasteiger partial charge is 0.273 e. The summed E-state index contributed by atoms with van der Waals surface area (Å²) in [6.45, 7) is 27.3. The minimum absolute atomic E-state index is 0.169. The van der Waals surface area contributed by atoms with Gasteiger partial charge < -0.3 is 23.1 Å². The Morgan fingerprint density at radius 1 is 0.333 bits per heavy atom. The quantitative estimate of drug-likeness (QED) is 0.156. The standard InChI is InChI=1S/C44H60O5Si2/c1-41(2,3)33-25-29(45-13)17-21-37(33)50(38-22-18-30(46-14)26-34(38)42(4,5)6)49-51(39-23-19-31(47-15)27-35(39)43(7,8)9)40-24-20-32(48-16)28-36(40)44(10,11)12/h17-28H,1-16H3. The second-order valence-electron chi connectivity index (χ2n) is 17.4. The molecule has 0 spiro atoms. The summed E-state index contributed by atoms with van der Waals surface area (Å²) in [5.41, 5.74) is 4.23. The lowest BCUT2D eigenvalue weighted by atomic mass is 9.86. The predicted octanol–water partition coefficient (Wildman–Crippen LogP) is 7.84. The van der Waals surface area contributed by atoms with Crippen molar-refractivity contribution < 1.29 is 23.1 Å². The minimum Gasteiger partial charge on any atom is -0.497 e. The third-order valence-electron chi connectivity index (χ3n) is 9.32. The summed E-state index contributed by atoms with van der Waals surface area (Å²) >= 11 is 0. The van der Waals surface area contributed by atoms with Crippen molar-refractivity contribution in [2.24, 2.45) is 0 Å². The van der Waals surface area contributed by atoms with Crippen molar-refractivity contribution in [1.29, 1.82) is 0 Å². The van der Waals surface area contributed by atoms with E-state index in [0.29, 0.717) is 0 Å². The predicted molar refractivity (Wildman–Crippen MR) is 218 cm³/mol. The SMILES string of the molecule is COc1ccc([Si](O[Si](c2ccc(OC)cc2C(C)(C)C)c2ccc(OC)cc2C(C)(C)C)c2ccc(OC)cc2C(C)(C)C)c(C(C)(C)C)c1. The lowest BCUT2D eigenvalue weighted by Gasteiger charge is -2.35. The molecule has 7 heteroatoms. The van der Waals surface area contributed by atoms with Crippen molar-refractivity contribution >= 4 is 38.8 Å². The van der Waals surface area contributed by atoms with Crippen LogP contribution in [0.15, 0.2) is 72.8 Å². The Labute approximate surface area is 312 Å². The van der Waals surface area contributed by atoms with E-state index in [9.17, 15) is 0 Å². The van der Waals surface area contributed by atoms with Gasteiger partial charge in [-0.15, -0.1) is 0 Å². The number of hydrogen-bond donors (Lipinski definition) is 0. The van der Waals surface area contributed by atoms with E-state index < -0.39 is 18.1 Å². The monoisotopic (exact) mass is 724 g/mol. The average Bonchev–Trinajstić information content (AvgIpc) is 3.06. The van der Waals surface area contributed by atoms with Gasteiger partial charge in [0.05, 0.1) is 28.4 Å². The van der Waals surface area contributed by atoms with Gasteiger partial charge >= 0.3 is 0 Å². The maximum Gasteiger partial charge on any atom is 0.273 e. The van der Waals surface area contributed by atoms with Crippen molar-refractivity contribution in [3.05, 3.63) is 95.1 Å². The van der Waals surface area contributed by atoms with Crippen LogP contribution < -0.4 is 39.7 Å². The van der Waals surface area contributed by atoms with Gasteiger partial charge in [-0.05, 0) is 113 Å². The Hall–Kier alpha value is -3.53. The van der Waals surface area contributed by atoms with Gasteiger partial charge in [-0.2, -0.15) is 0 Å². The molecule has 4 rings (SSSR count). The van der Waals surface area contributed by atoms with Gasteiger partial charge in [-0.1, -0.05) is 107 Å². The summed E-state index contributed by atoms with van der Waals surface area (Å²) < 4.78 is 31.3. The molecule has 4 aromatic rings. The Morgan fingerprint density at radius 2 is 0.529 bits per heavy atom. The molecule has 2 radical (unpaired) electrons. The molecule has 0 bridgehead atoms. The second-order valence-corrected chi connectivity index (χ2v) is 21.7. The van der Waals surface area contributed by atoms with Gasteiger partial charge in [-0.25, -0.2) is 0 Å². The highest BCUT2D eigenvalue weighted by Gasteiger charge is 2.39. The molecule has 0 fully saturated rings. The summed E-state index contributed by atoms with van der Waals surface area (Å²) in [5, 5.41) is 4.90. The summed E-state index contributed by atoms with van der Waals surface area (Å²) in [6.07, 6.45) is 0. The van der Waals surface area contributed by atoms with E-state index in [4.69, 9.17) is 23.1 Å². The summed E-state index contributed by atoms with van der Waals surface area (Å²) in [7, 11) is 3.05. The van der Waals surface area contributed by atoms with Crippen molar-refractivity contribution in [2.75, 3.05) is 28.4 Å². The van der Waals surface area contributed by atoms with Crippen LogP contribution in [0.2, 0.25) is 0 Å². The topological polar surface area (TPSA) is 46.2 Å². The highest BCUT2D eigenvalue weighted by atomic mass is 28.4. The van der Waals surface area contributed by atoms with Crippen LogP contribution in [0.4, 0.5) is 0 Å². The molecule has 0 aliphatic carbocycles. The van der Waals surface area contributed by atoms with Crippen LogP contribution >= 0.6 is 0 Å². The van der Waals surface area contributed by atoms with Crippen molar-refractivity contribution in [1.82, 2.24) is 0 Å². The molecule has 0 aliphatic rings. The van der Waals surface area contributed by atoms with Crippen LogP contribution in [0, 0.1) is 0 Å². The van der Waals surface area contributed by atoms with Gasteiger partial charge in [0, 0.05) is 0 Å². The molecule has 0 N–H and O–H groups in total. The van der Waals surface area contributed by atoms with Crippen molar-refractivity contribution in [2.45, 2.75) is 105 Å². The largest absolute Gasteiger partial charge is 0.497 e. The lowest BCUT2D eigenvalue weighted by Crippen LogP contribution is -2.60. The first-order valence-electron chi connectivity index (χ1n) is 17.8. The van der Waals surface area contributed by atoms with E-state index >= 15 is 0 Å². The van der Waals surface area contributed by atoms with Crippen LogP contribution in [0.3, 0.4) is 0 Å². The van der Waals surface area contributed by atoms with E-state index in [2.05, 4.69) is 156 Å². The minimum atomic E-state index is -1.95. The molecule has 5 nitrogen and oxygen atoms in total. The zero-order valence-corrected chi connectivity index (χ0v) is 36.0. The van der Waals surface area contributed by atoms with Crippen LogP contribution in [-0.2, 0) is 25.8 Å². The lowest BCUT2D eigenvalue weighted by molar-refractivity contribution is 0.413. The van der Waals surface area contributed by atoms with Gasteiger partial charge in [-0.3, -0.25) is 0 Å². The highest BCUT2D eigenvalue weighted by Crippen LogP contribution is 2.31. The number of methoxy groups -OCH3 is 4. The first-order valence-corrected chi connectivity index (χ1v) is 20.6. The number of benzene rings is 4. The summed E-state index contributed by atoms with van der Waals surface area (Å²) in [4.78, 5) is 0. The van der Waals surface area contributed by atoms with E-state index in [0.717, 1.165) is 23.0 Å². The van der Waals surface area contributed by atoms with Crippen LogP contribution in [-0.4, -0.2) is 46.5 Å². The van der Waals surface area contributed by atoms with Gasteiger partial charge in [0.2, 0.25) is 0 Å². The molecule has 0 saturated carbocycles. The Morgan fingerprint density at radius 3 is 0.686 bits per heavy atom. The molecule has 51 heavy (non-hydrogen) atoms. The summed E-state index contributed by atoms with van der Waals surface area (Å²) in [5.74, 6) is 3.38. The Kier molecular flexibility index (Phi) is 12.0. The second kappa shape index (κ2) is 15.2. The maximum absolute atomic E-state index is 8.07. The fourth-order valence-corrected chi connectivity index (χ4v) is 13.3. The molecule has 0 aliphatic heterocycles. The molecule has 0 unspecified atom stereocenters. The Bertz CT molecular complexity index is 1560. The van der Waals surface area contributed by atoms with E-state index in [1.54, 1.807) is 28.4 Å². The fourth-order valence-electron chi connectivity index (χ4n) is 6.49. The third kappa shape index (κ3) is 9.11. The zero-order valence-electron chi connectivity index (χ0n) is 34.0. The maximum atomic E-state index is 8.07. The first-order chi connectivity index (χ1) is 23.6. The molecular weight excluding hydrogens is 665 g/mol. The van der Waals surface area contributed by atoms with E-state index in [1.165, 1.54) is 43.0 Å². The molecule has 0 saturated heterocycles.